The number of thioether (sulfide) groups is 1. The molecule has 5 nitrogen and oxygen atoms in total. The van der Waals surface area contributed by atoms with E-state index in [4.69, 9.17) is 4.98 Å². The summed E-state index contributed by atoms with van der Waals surface area (Å²) in [6, 6.07) is 28.6. The molecule has 0 radical (unpaired) electrons. The zero-order valence-corrected chi connectivity index (χ0v) is 24.2. The molecule has 1 unspecified atom stereocenters. The molecule has 7 heteroatoms. The van der Waals surface area contributed by atoms with Gasteiger partial charge in [0, 0.05) is 16.9 Å². The summed E-state index contributed by atoms with van der Waals surface area (Å²) in [5, 5.41) is 21.3. The molecule has 0 spiro atoms. The molecule has 1 atom stereocenters. The fraction of sp³-hybridized carbons (Fsp3) is 0.250. The number of nitrogens with zero attached hydrogens (tertiary/aromatic N) is 2. The van der Waals surface area contributed by atoms with Gasteiger partial charge < -0.3 is 5.11 Å². The average molecular weight is 557 g/mol. The topological polar surface area (TPSA) is 91.0 Å². The lowest BCUT2D eigenvalue weighted by atomic mass is 9.87. The number of hydrogen-bond donors (Lipinski definition) is 1. The third-order valence-corrected chi connectivity index (χ3v) is 9.37. The summed E-state index contributed by atoms with van der Waals surface area (Å²) in [7, 11) is -3.70. The van der Waals surface area contributed by atoms with E-state index in [0.29, 0.717) is 16.3 Å². The third kappa shape index (κ3) is 6.96. The van der Waals surface area contributed by atoms with Crippen LogP contribution >= 0.6 is 11.8 Å². The molecule has 200 valence electrons. The second-order valence-electron chi connectivity index (χ2n) is 10.6. The number of rotatable bonds is 8. The molecule has 0 amide bonds. The first kappa shape index (κ1) is 28.6. The number of pyridine rings is 1. The van der Waals surface area contributed by atoms with Crippen LogP contribution in [0.15, 0.2) is 94.9 Å². The maximum Gasteiger partial charge on any atom is 0.180 e. The van der Waals surface area contributed by atoms with Gasteiger partial charge in [0.25, 0.3) is 0 Å². The molecule has 4 rings (SSSR count). The van der Waals surface area contributed by atoms with E-state index in [1.54, 1.807) is 12.1 Å². The number of benzene rings is 3. The number of aromatic nitrogens is 1. The van der Waals surface area contributed by atoms with Gasteiger partial charge in [0.2, 0.25) is 0 Å². The Hall–Kier alpha value is -3.44. The molecule has 3 aromatic carbocycles. The first-order valence-corrected chi connectivity index (χ1v) is 15.3. The van der Waals surface area contributed by atoms with E-state index in [1.165, 1.54) is 11.8 Å². The Bertz CT molecular complexity index is 1590. The fourth-order valence-corrected chi connectivity index (χ4v) is 6.63. The summed E-state index contributed by atoms with van der Waals surface area (Å²) in [5.74, 6) is -0.341. The van der Waals surface area contributed by atoms with Gasteiger partial charge in [-0.1, -0.05) is 93.1 Å². The van der Waals surface area contributed by atoms with Crippen molar-refractivity contribution < 1.29 is 13.5 Å². The van der Waals surface area contributed by atoms with Crippen molar-refractivity contribution in [3.8, 4) is 28.5 Å². The summed E-state index contributed by atoms with van der Waals surface area (Å²) < 4.78 is 26.0. The number of nitriles is 1. The number of aryl methyl sites for hydroxylation is 1. The van der Waals surface area contributed by atoms with Crippen molar-refractivity contribution in [2.75, 3.05) is 11.5 Å². The predicted octanol–water partition coefficient (Wildman–Crippen LogP) is 6.82. The highest BCUT2D eigenvalue weighted by atomic mass is 32.2. The third-order valence-electron chi connectivity index (χ3n) is 6.43. The Morgan fingerprint density at radius 3 is 2.18 bits per heavy atom. The molecule has 39 heavy (non-hydrogen) atoms. The van der Waals surface area contributed by atoms with Crippen LogP contribution in [0.5, 0.6) is 0 Å². The molecule has 4 aromatic rings. The SMILES string of the molecule is Cc1ccc(-c2cc(-c3ccccc3)c(C#N)c(SCC(O)CS(=O)(=O)c3ccc(C(C)(C)C)cc3)n2)cc1. The molecule has 1 aromatic heterocycles. The van der Waals surface area contributed by atoms with Crippen molar-refractivity contribution in [3.05, 3.63) is 102 Å². The van der Waals surface area contributed by atoms with E-state index < -0.39 is 21.7 Å². The Labute approximate surface area is 235 Å². The quantitative estimate of drug-likeness (QED) is 0.240. The highest BCUT2D eigenvalue weighted by molar-refractivity contribution is 7.99. The van der Waals surface area contributed by atoms with Gasteiger partial charge >= 0.3 is 0 Å². The average Bonchev–Trinajstić information content (AvgIpc) is 2.91. The highest BCUT2D eigenvalue weighted by Gasteiger charge is 2.23. The second-order valence-corrected chi connectivity index (χ2v) is 13.6. The van der Waals surface area contributed by atoms with Crippen LogP contribution in [-0.2, 0) is 15.3 Å². The molecule has 0 saturated heterocycles. The lowest BCUT2D eigenvalue weighted by Gasteiger charge is -2.19. The normalized spacial score (nSPS) is 12.6. The van der Waals surface area contributed by atoms with Crippen molar-refractivity contribution in [1.82, 2.24) is 4.98 Å². The zero-order valence-electron chi connectivity index (χ0n) is 22.5. The van der Waals surface area contributed by atoms with Gasteiger partial charge in [-0.15, -0.1) is 11.8 Å². The highest BCUT2D eigenvalue weighted by Crippen LogP contribution is 2.34. The van der Waals surface area contributed by atoms with Gasteiger partial charge in [-0.05, 0) is 41.7 Å². The van der Waals surface area contributed by atoms with Crippen molar-refractivity contribution in [3.63, 3.8) is 0 Å². The summed E-state index contributed by atoms with van der Waals surface area (Å²) in [4.78, 5) is 4.95. The number of aliphatic hydroxyl groups excluding tert-OH is 1. The number of sulfone groups is 1. The molecule has 0 bridgehead atoms. The maximum absolute atomic E-state index is 13.0. The van der Waals surface area contributed by atoms with Crippen LogP contribution in [0.2, 0.25) is 0 Å². The van der Waals surface area contributed by atoms with Crippen molar-refractivity contribution in [2.45, 2.75) is 49.1 Å². The zero-order chi connectivity index (χ0) is 28.2. The van der Waals surface area contributed by atoms with Gasteiger partial charge in [0.05, 0.1) is 28.0 Å². The molecule has 1 heterocycles. The van der Waals surface area contributed by atoms with Crippen molar-refractivity contribution >= 4 is 21.6 Å². The fourth-order valence-electron chi connectivity index (χ4n) is 4.19. The number of hydrogen-bond acceptors (Lipinski definition) is 6. The smallest absolute Gasteiger partial charge is 0.180 e. The van der Waals surface area contributed by atoms with E-state index in [2.05, 4.69) is 26.8 Å². The molecule has 0 fully saturated rings. The Balaban J connectivity index is 1.60. The van der Waals surface area contributed by atoms with Crippen LogP contribution < -0.4 is 0 Å². The van der Waals surface area contributed by atoms with Crippen LogP contribution in [0.25, 0.3) is 22.4 Å². The minimum atomic E-state index is -3.70. The lowest BCUT2D eigenvalue weighted by molar-refractivity contribution is 0.222. The molecule has 1 N–H and O–H groups in total. The first-order valence-electron chi connectivity index (χ1n) is 12.7. The Kier molecular flexibility index (Phi) is 8.60. The molecule has 0 aliphatic heterocycles. The Morgan fingerprint density at radius 1 is 0.949 bits per heavy atom. The molecular weight excluding hydrogens is 524 g/mol. The molecule has 0 aliphatic carbocycles. The molecule has 0 aliphatic rings. The van der Waals surface area contributed by atoms with Crippen LogP contribution in [-0.4, -0.2) is 36.1 Å². The minimum absolute atomic E-state index is 0.0760. The van der Waals surface area contributed by atoms with Crippen LogP contribution in [0, 0.1) is 18.3 Å². The van der Waals surface area contributed by atoms with Gasteiger partial charge in [-0.2, -0.15) is 5.26 Å². The summed E-state index contributed by atoms with van der Waals surface area (Å²) in [6.07, 6.45) is -1.14. The summed E-state index contributed by atoms with van der Waals surface area (Å²) >= 11 is 1.19. The monoisotopic (exact) mass is 556 g/mol. The predicted molar refractivity (Wildman–Crippen MR) is 158 cm³/mol. The van der Waals surface area contributed by atoms with Crippen molar-refractivity contribution in [2.24, 2.45) is 0 Å². The largest absolute Gasteiger partial charge is 0.391 e. The van der Waals surface area contributed by atoms with Crippen LogP contribution in [0.4, 0.5) is 0 Å². The van der Waals surface area contributed by atoms with Gasteiger partial charge in [0.1, 0.15) is 11.1 Å². The maximum atomic E-state index is 13.0. The minimum Gasteiger partial charge on any atom is -0.391 e. The Morgan fingerprint density at radius 2 is 1.59 bits per heavy atom. The first-order chi connectivity index (χ1) is 18.5. The standard InChI is InChI=1S/C32H32N2O3S2/c1-22-10-12-24(13-11-22)30-18-28(23-8-6-5-7-9-23)29(19-33)31(34-30)38-20-26(35)21-39(36,37)27-16-14-25(15-17-27)32(2,3)4/h5-18,26,35H,20-21H2,1-4H3. The molecule has 0 saturated carbocycles. The summed E-state index contributed by atoms with van der Waals surface area (Å²) in [6.45, 7) is 8.22. The van der Waals surface area contributed by atoms with E-state index in [9.17, 15) is 18.8 Å². The van der Waals surface area contributed by atoms with Crippen LogP contribution in [0.3, 0.4) is 0 Å². The lowest BCUT2D eigenvalue weighted by Crippen LogP contribution is -2.23. The summed E-state index contributed by atoms with van der Waals surface area (Å²) in [5.41, 5.74) is 5.71. The van der Waals surface area contributed by atoms with Gasteiger partial charge in [-0.25, -0.2) is 13.4 Å². The van der Waals surface area contributed by atoms with E-state index in [-0.39, 0.29) is 16.1 Å². The van der Waals surface area contributed by atoms with Crippen LogP contribution in [0.1, 0.15) is 37.5 Å². The van der Waals surface area contributed by atoms with E-state index in [1.807, 2.05) is 79.7 Å². The van der Waals surface area contributed by atoms with Crippen molar-refractivity contribution in [1.29, 1.82) is 5.26 Å². The number of aliphatic hydroxyl groups is 1. The second kappa shape index (κ2) is 11.7. The van der Waals surface area contributed by atoms with Gasteiger partial charge in [-0.3, -0.25) is 0 Å². The molecular formula is C32H32N2O3S2. The van der Waals surface area contributed by atoms with E-state index in [0.717, 1.165) is 27.8 Å². The van der Waals surface area contributed by atoms with Gasteiger partial charge in [0.15, 0.2) is 9.84 Å². The van der Waals surface area contributed by atoms with E-state index >= 15 is 0 Å².